The number of ether oxygens (including phenoxy) is 1. The van der Waals surface area contributed by atoms with Crippen molar-refractivity contribution in [3.05, 3.63) is 59.7 Å². The first-order valence-corrected chi connectivity index (χ1v) is 15.9. The molecule has 0 heterocycles. The van der Waals surface area contributed by atoms with E-state index in [1.165, 1.54) is 6.08 Å². The van der Waals surface area contributed by atoms with Gasteiger partial charge in [-0.3, -0.25) is 14.4 Å². The van der Waals surface area contributed by atoms with Gasteiger partial charge in [0.05, 0.1) is 24.7 Å². The van der Waals surface area contributed by atoms with E-state index in [0.29, 0.717) is 5.57 Å². The van der Waals surface area contributed by atoms with Gasteiger partial charge in [0.15, 0.2) is 0 Å². The fourth-order valence-electron chi connectivity index (χ4n) is 5.24. The fraction of sp³-hybridized carbons (Fsp3) is 0.611. The highest BCUT2D eigenvalue weighted by atomic mass is 16.5. The maximum Gasteiger partial charge on any atom is 0.330 e. The van der Waals surface area contributed by atoms with Gasteiger partial charge in [-0.05, 0) is 43.7 Å². The summed E-state index contributed by atoms with van der Waals surface area (Å²) in [6, 6.07) is 7.61. The van der Waals surface area contributed by atoms with E-state index in [0.717, 1.165) is 5.56 Å². The molecule has 252 valence electrons. The van der Waals surface area contributed by atoms with Crippen LogP contribution in [0, 0.1) is 17.3 Å². The van der Waals surface area contributed by atoms with Gasteiger partial charge < -0.3 is 25.6 Å². The van der Waals surface area contributed by atoms with Crippen LogP contribution in [0.3, 0.4) is 0 Å². The quantitative estimate of drug-likeness (QED) is 0.191. The lowest BCUT2D eigenvalue weighted by Crippen LogP contribution is -2.61. The molecule has 0 saturated heterocycles. The Morgan fingerprint density at radius 1 is 0.911 bits per heavy atom. The number of likely N-dealkylation sites (N-methyl/N-ethyl adjacent to an activating group) is 2. The van der Waals surface area contributed by atoms with Gasteiger partial charge in [-0.2, -0.15) is 0 Å². The fourth-order valence-corrected chi connectivity index (χ4v) is 5.24. The predicted octanol–water partition coefficient (Wildman–Crippen LogP) is 4.77. The Labute approximate surface area is 271 Å². The van der Waals surface area contributed by atoms with E-state index in [1.54, 1.807) is 45.0 Å². The third-order valence-corrected chi connectivity index (χ3v) is 8.19. The van der Waals surface area contributed by atoms with Crippen LogP contribution < -0.4 is 16.0 Å². The van der Waals surface area contributed by atoms with Crippen molar-refractivity contribution in [2.24, 2.45) is 17.3 Å². The van der Waals surface area contributed by atoms with Gasteiger partial charge in [0, 0.05) is 24.1 Å². The summed E-state index contributed by atoms with van der Waals surface area (Å²) in [5.41, 5.74) is 0.304. The van der Waals surface area contributed by atoms with E-state index in [1.807, 2.05) is 92.6 Å². The van der Waals surface area contributed by atoms with Gasteiger partial charge in [-0.25, -0.2) is 4.79 Å². The lowest BCUT2D eigenvalue weighted by Gasteiger charge is -2.40. The summed E-state index contributed by atoms with van der Waals surface area (Å²) >= 11 is 0. The van der Waals surface area contributed by atoms with E-state index in [-0.39, 0.29) is 42.2 Å². The molecule has 0 unspecified atom stereocenters. The minimum Gasteiger partial charge on any atom is -0.463 e. The van der Waals surface area contributed by atoms with Crippen molar-refractivity contribution >= 4 is 23.7 Å². The Morgan fingerprint density at radius 3 is 1.96 bits per heavy atom. The van der Waals surface area contributed by atoms with Gasteiger partial charge in [-0.1, -0.05) is 105 Å². The summed E-state index contributed by atoms with van der Waals surface area (Å²) < 4.78 is 4.96. The summed E-state index contributed by atoms with van der Waals surface area (Å²) in [5.74, 6) is -1.27. The maximum atomic E-state index is 14.1. The smallest absolute Gasteiger partial charge is 0.330 e. The highest BCUT2D eigenvalue weighted by Gasteiger charge is 2.41. The third kappa shape index (κ3) is 11.4. The Morgan fingerprint density at radius 2 is 1.49 bits per heavy atom. The number of rotatable bonds is 15. The summed E-state index contributed by atoms with van der Waals surface area (Å²) in [4.78, 5) is 54.6. The van der Waals surface area contributed by atoms with E-state index < -0.39 is 34.9 Å². The normalized spacial score (nSPS) is 15.4. The molecule has 0 aliphatic carbocycles. The van der Waals surface area contributed by atoms with Crippen molar-refractivity contribution in [2.75, 3.05) is 20.7 Å². The molecule has 3 amide bonds. The van der Waals surface area contributed by atoms with Crippen LogP contribution in [0.1, 0.15) is 81.7 Å². The van der Waals surface area contributed by atoms with Crippen LogP contribution in [0.25, 0.3) is 0 Å². The number of esters is 1. The number of carbonyl (C=O) groups is 4. The molecule has 1 aromatic carbocycles. The van der Waals surface area contributed by atoms with Crippen LogP contribution in [-0.2, 0) is 29.3 Å². The predicted molar refractivity (Wildman–Crippen MR) is 181 cm³/mol. The van der Waals surface area contributed by atoms with Crippen LogP contribution in [0.5, 0.6) is 0 Å². The molecule has 0 aliphatic heterocycles. The Bertz CT molecular complexity index is 1200. The Balaban J connectivity index is 3.27. The number of hydrogen-bond donors (Lipinski definition) is 3. The molecule has 0 aromatic heterocycles. The zero-order chi connectivity index (χ0) is 34.7. The number of nitrogens with one attached hydrogen (secondary N) is 3. The van der Waals surface area contributed by atoms with E-state index >= 15 is 0 Å². The number of amides is 3. The van der Waals surface area contributed by atoms with Crippen molar-refractivity contribution in [1.29, 1.82) is 0 Å². The first-order valence-electron chi connectivity index (χ1n) is 15.9. The first kappa shape index (κ1) is 39.6. The van der Waals surface area contributed by atoms with Crippen molar-refractivity contribution in [3.8, 4) is 0 Å². The lowest BCUT2D eigenvalue weighted by atomic mass is 9.76. The molecule has 4 atom stereocenters. The number of nitrogens with zero attached hydrogens (tertiary/aromatic N) is 1. The van der Waals surface area contributed by atoms with Crippen LogP contribution in [0.15, 0.2) is 54.1 Å². The first-order chi connectivity index (χ1) is 20.8. The van der Waals surface area contributed by atoms with Gasteiger partial charge in [0.1, 0.15) is 6.04 Å². The molecular weight excluding hydrogens is 568 g/mol. The van der Waals surface area contributed by atoms with Crippen molar-refractivity contribution < 1.29 is 23.9 Å². The SMILES string of the molecule is CCOC(=O)/C=C/[C@@H](NC(=O)/C(C)=C/[C@H](C(C)C)N(C)C(=O)[C@@H](NC(=O)[C@@H](NC)C(C)(C)c1ccccc1)C(C)(C)C)C(C)C. The zero-order valence-corrected chi connectivity index (χ0v) is 29.8. The largest absolute Gasteiger partial charge is 0.463 e. The number of benzene rings is 1. The molecule has 0 spiro atoms. The average molecular weight is 627 g/mol. The maximum absolute atomic E-state index is 14.1. The molecule has 0 saturated carbocycles. The third-order valence-electron chi connectivity index (χ3n) is 8.19. The van der Waals surface area contributed by atoms with Crippen LogP contribution in [-0.4, -0.2) is 73.5 Å². The molecule has 0 radical (unpaired) electrons. The molecular formula is C36H58N4O5. The standard InChI is InChI=1S/C36H58N4O5/c1-14-45-29(41)21-20-27(23(2)3)38-32(42)25(6)22-28(24(4)5)40(13)34(44)31(35(7,8)9)39-33(43)30(37-12)36(10,11)26-18-16-15-17-19-26/h15-24,27-28,30-31,37H,14H2,1-13H3,(H,38,42)(H,39,43)/b21-20+,25-22+/t27-,28-,30-,31-/m1/s1. The second kappa shape index (κ2) is 17.3. The van der Waals surface area contributed by atoms with Crippen LogP contribution in [0.4, 0.5) is 0 Å². The second-order valence-electron chi connectivity index (χ2n) is 14.0. The van der Waals surface area contributed by atoms with Crippen molar-refractivity contribution in [1.82, 2.24) is 20.9 Å². The Hall–Kier alpha value is -3.46. The zero-order valence-electron chi connectivity index (χ0n) is 29.8. The molecule has 1 rings (SSSR count). The van der Waals surface area contributed by atoms with Crippen LogP contribution in [0.2, 0.25) is 0 Å². The van der Waals surface area contributed by atoms with Crippen LogP contribution >= 0.6 is 0 Å². The molecule has 9 nitrogen and oxygen atoms in total. The molecule has 3 N–H and O–H groups in total. The number of carbonyl (C=O) groups excluding carboxylic acids is 4. The second-order valence-corrected chi connectivity index (χ2v) is 14.0. The number of hydrogen-bond acceptors (Lipinski definition) is 6. The molecule has 0 bridgehead atoms. The summed E-state index contributed by atoms with van der Waals surface area (Å²) in [7, 11) is 3.46. The molecule has 45 heavy (non-hydrogen) atoms. The van der Waals surface area contributed by atoms with Crippen molar-refractivity contribution in [3.63, 3.8) is 0 Å². The van der Waals surface area contributed by atoms with E-state index in [2.05, 4.69) is 16.0 Å². The monoisotopic (exact) mass is 626 g/mol. The van der Waals surface area contributed by atoms with Gasteiger partial charge in [0.2, 0.25) is 17.7 Å². The van der Waals surface area contributed by atoms with Crippen molar-refractivity contribution in [2.45, 2.75) is 106 Å². The molecule has 0 fully saturated rings. The summed E-state index contributed by atoms with van der Waals surface area (Å²) in [6.45, 7) is 21.4. The van der Waals surface area contributed by atoms with Gasteiger partial charge in [0.25, 0.3) is 0 Å². The Kier molecular flexibility index (Phi) is 15.2. The molecule has 0 aliphatic rings. The highest BCUT2D eigenvalue weighted by molar-refractivity contribution is 5.94. The highest BCUT2D eigenvalue weighted by Crippen LogP contribution is 2.29. The van der Waals surface area contributed by atoms with Gasteiger partial charge in [-0.15, -0.1) is 0 Å². The minimum atomic E-state index is -0.820. The van der Waals surface area contributed by atoms with E-state index in [9.17, 15) is 19.2 Å². The molecule has 1 aromatic rings. The minimum absolute atomic E-state index is 0.0234. The molecule has 9 heteroatoms. The topological polar surface area (TPSA) is 117 Å². The lowest BCUT2D eigenvalue weighted by molar-refractivity contribution is -0.141. The summed E-state index contributed by atoms with van der Waals surface area (Å²) in [5, 5.41) is 9.21. The average Bonchev–Trinajstić information content (AvgIpc) is 2.95. The van der Waals surface area contributed by atoms with Gasteiger partial charge >= 0.3 is 5.97 Å². The summed E-state index contributed by atoms with van der Waals surface area (Å²) in [6.07, 6.45) is 4.76. The van der Waals surface area contributed by atoms with E-state index in [4.69, 9.17) is 4.74 Å².